The molecule has 0 bridgehead atoms. The molecule has 0 N–H and O–H groups in total. The lowest BCUT2D eigenvalue weighted by Crippen LogP contribution is -2.00. The van der Waals surface area contributed by atoms with Crippen LogP contribution in [0.5, 0.6) is 0 Å². The minimum atomic E-state index is -3.75. The topological polar surface area (TPSA) is 51.2 Å². The Kier molecular flexibility index (Phi) is 4.96. The average molecular weight is 329 g/mol. The highest BCUT2D eigenvalue weighted by atomic mass is 35.7. The van der Waals surface area contributed by atoms with Gasteiger partial charge in [0, 0.05) is 33.0 Å². The van der Waals surface area contributed by atoms with Crippen LogP contribution in [0.4, 0.5) is 0 Å². The third-order valence-corrected chi connectivity index (χ3v) is 5.34. The van der Waals surface area contributed by atoms with Gasteiger partial charge in [0.1, 0.15) is 0 Å². The molecule has 0 aromatic heterocycles. The molecule has 106 valence electrons. The van der Waals surface area contributed by atoms with Crippen LogP contribution in [-0.2, 0) is 31.4 Å². The molecule has 0 heterocycles. The molecule has 2 rings (SSSR count). The van der Waals surface area contributed by atoms with Gasteiger partial charge in [-0.05, 0) is 23.3 Å². The first-order chi connectivity index (χ1) is 9.45. The highest BCUT2D eigenvalue weighted by Gasteiger charge is 2.11. The van der Waals surface area contributed by atoms with E-state index in [1.807, 2.05) is 30.3 Å². The second kappa shape index (κ2) is 6.52. The molecule has 0 saturated heterocycles. The number of benzene rings is 2. The van der Waals surface area contributed by atoms with Crippen molar-refractivity contribution in [2.45, 2.75) is 16.4 Å². The van der Waals surface area contributed by atoms with E-state index in [2.05, 4.69) is 0 Å². The van der Waals surface area contributed by atoms with Crippen molar-refractivity contribution in [2.75, 3.05) is 0 Å². The quantitative estimate of drug-likeness (QED) is 0.793. The fourth-order valence-corrected chi connectivity index (χ4v) is 3.82. The van der Waals surface area contributed by atoms with Crippen LogP contribution in [0.25, 0.3) is 0 Å². The first-order valence-electron chi connectivity index (χ1n) is 5.87. The molecule has 0 radical (unpaired) electrons. The molecule has 2 aromatic rings. The summed E-state index contributed by atoms with van der Waals surface area (Å²) in [5.74, 6) is 0.744. The summed E-state index contributed by atoms with van der Waals surface area (Å²) in [6.45, 7) is 0. The zero-order chi connectivity index (χ0) is 14.6. The molecule has 20 heavy (non-hydrogen) atoms. The molecule has 1 atom stereocenters. The van der Waals surface area contributed by atoms with Crippen molar-refractivity contribution in [1.29, 1.82) is 0 Å². The Morgan fingerprint density at radius 1 is 0.900 bits per heavy atom. The van der Waals surface area contributed by atoms with Crippen LogP contribution in [0.2, 0.25) is 0 Å². The minimum Gasteiger partial charge on any atom is -0.259 e. The predicted octanol–water partition coefficient (Wildman–Crippen LogP) is 3.06. The second-order valence-corrected chi connectivity index (χ2v) is 8.32. The summed E-state index contributed by atoms with van der Waals surface area (Å²) in [6, 6.07) is 15.8. The van der Waals surface area contributed by atoms with Gasteiger partial charge >= 0.3 is 0 Å². The van der Waals surface area contributed by atoms with Crippen LogP contribution in [0.1, 0.15) is 11.1 Å². The fraction of sp³-hybridized carbons (Fsp3) is 0.143. The van der Waals surface area contributed by atoms with Gasteiger partial charge in [0.25, 0.3) is 9.05 Å². The molecule has 0 fully saturated rings. The van der Waals surface area contributed by atoms with Crippen LogP contribution in [0.3, 0.4) is 0 Å². The van der Waals surface area contributed by atoms with Crippen molar-refractivity contribution in [3.05, 3.63) is 65.7 Å². The van der Waals surface area contributed by atoms with E-state index in [1.54, 1.807) is 12.1 Å². The minimum absolute atomic E-state index is 0.0355. The Hall–Kier alpha value is -1.17. The van der Waals surface area contributed by atoms with Crippen LogP contribution in [0.15, 0.2) is 59.5 Å². The van der Waals surface area contributed by atoms with Gasteiger partial charge in [-0.15, -0.1) is 0 Å². The van der Waals surface area contributed by atoms with Crippen molar-refractivity contribution < 1.29 is 12.6 Å². The van der Waals surface area contributed by atoms with Gasteiger partial charge < -0.3 is 0 Å². The molecule has 0 saturated carbocycles. The molecular weight excluding hydrogens is 316 g/mol. The van der Waals surface area contributed by atoms with E-state index in [4.69, 9.17) is 10.7 Å². The van der Waals surface area contributed by atoms with E-state index in [-0.39, 0.29) is 4.90 Å². The molecule has 0 amide bonds. The maximum Gasteiger partial charge on any atom is 0.261 e. The molecular formula is C14H13ClO3S2. The largest absolute Gasteiger partial charge is 0.261 e. The molecule has 0 aliphatic rings. The van der Waals surface area contributed by atoms with Gasteiger partial charge in [-0.3, -0.25) is 4.21 Å². The highest BCUT2D eigenvalue weighted by Crippen LogP contribution is 2.17. The molecule has 6 heteroatoms. The van der Waals surface area contributed by atoms with E-state index < -0.39 is 19.9 Å². The lowest BCUT2D eigenvalue weighted by molar-refractivity contribution is 0.609. The molecule has 0 spiro atoms. The van der Waals surface area contributed by atoms with Gasteiger partial charge in [-0.1, -0.05) is 42.5 Å². The Bertz CT molecular complexity index is 712. The van der Waals surface area contributed by atoms with Crippen molar-refractivity contribution in [3.63, 3.8) is 0 Å². The molecule has 3 nitrogen and oxygen atoms in total. The normalized spacial score (nSPS) is 13.1. The van der Waals surface area contributed by atoms with Crippen LogP contribution in [0, 0.1) is 0 Å². The standard InChI is InChI=1S/C14H13ClO3S2/c15-20(17,18)14-8-4-7-13(9-14)11-19(16)10-12-5-2-1-3-6-12/h1-9H,10-11H2. The molecule has 0 aliphatic heterocycles. The third kappa shape index (κ3) is 4.44. The predicted molar refractivity (Wildman–Crippen MR) is 81.5 cm³/mol. The zero-order valence-electron chi connectivity index (χ0n) is 10.5. The second-order valence-electron chi connectivity index (χ2n) is 4.30. The summed E-state index contributed by atoms with van der Waals surface area (Å²) in [4.78, 5) is 0.0355. The number of rotatable bonds is 5. The van der Waals surface area contributed by atoms with Crippen LogP contribution >= 0.6 is 10.7 Å². The first-order valence-corrected chi connectivity index (χ1v) is 9.67. The van der Waals surface area contributed by atoms with Crippen molar-refractivity contribution >= 4 is 30.5 Å². The summed E-state index contributed by atoms with van der Waals surface area (Å²) in [7, 11) is 0.452. The maximum atomic E-state index is 12.1. The summed E-state index contributed by atoms with van der Waals surface area (Å²) in [6.07, 6.45) is 0. The third-order valence-electron chi connectivity index (χ3n) is 2.68. The Balaban J connectivity index is 2.09. The van der Waals surface area contributed by atoms with Crippen LogP contribution in [-0.4, -0.2) is 12.6 Å². The summed E-state index contributed by atoms with van der Waals surface area (Å²) >= 11 is 0. The van der Waals surface area contributed by atoms with Gasteiger partial charge in [0.2, 0.25) is 0 Å². The number of hydrogen-bond donors (Lipinski definition) is 0. The zero-order valence-corrected chi connectivity index (χ0v) is 12.9. The van der Waals surface area contributed by atoms with Crippen molar-refractivity contribution in [2.24, 2.45) is 0 Å². The lowest BCUT2D eigenvalue weighted by atomic mass is 10.2. The van der Waals surface area contributed by atoms with Gasteiger partial charge in [-0.2, -0.15) is 0 Å². The van der Waals surface area contributed by atoms with Crippen LogP contribution < -0.4 is 0 Å². The van der Waals surface area contributed by atoms with Gasteiger partial charge in [0.15, 0.2) is 0 Å². The van der Waals surface area contributed by atoms with Gasteiger partial charge in [-0.25, -0.2) is 8.42 Å². The Morgan fingerprint density at radius 2 is 1.50 bits per heavy atom. The smallest absolute Gasteiger partial charge is 0.259 e. The summed E-state index contributed by atoms with van der Waals surface area (Å²) in [5.41, 5.74) is 1.69. The Morgan fingerprint density at radius 3 is 2.15 bits per heavy atom. The summed E-state index contributed by atoms with van der Waals surface area (Å²) < 4.78 is 34.6. The molecule has 0 aliphatic carbocycles. The molecule has 2 aromatic carbocycles. The van der Waals surface area contributed by atoms with Crippen molar-refractivity contribution in [3.8, 4) is 0 Å². The Labute approximate surface area is 125 Å². The number of halogens is 1. The highest BCUT2D eigenvalue weighted by molar-refractivity contribution is 8.13. The first kappa shape index (κ1) is 15.2. The van der Waals surface area contributed by atoms with Gasteiger partial charge in [0.05, 0.1) is 4.90 Å². The SMILES string of the molecule is O=S(Cc1ccccc1)Cc1cccc(S(=O)(=O)Cl)c1. The molecule has 1 unspecified atom stereocenters. The van der Waals surface area contributed by atoms with E-state index in [1.165, 1.54) is 12.1 Å². The average Bonchev–Trinajstić information content (AvgIpc) is 2.39. The summed E-state index contributed by atoms with van der Waals surface area (Å²) in [5, 5.41) is 0. The van der Waals surface area contributed by atoms with E-state index in [0.717, 1.165) is 5.56 Å². The van der Waals surface area contributed by atoms with E-state index >= 15 is 0 Å². The maximum absolute atomic E-state index is 12.1. The van der Waals surface area contributed by atoms with E-state index in [0.29, 0.717) is 17.1 Å². The fourth-order valence-electron chi connectivity index (χ4n) is 1.78. The van der Waals surface area contributed by atoms with Crippen molar-refractivity contribution in [1.82, 2.24) is 0 Å². The lowest BCUT2D eigenvalue weighted by Gasteiger charge is -2.04. The van der Waals surface area contributed by atoms with E-state index in [9.17, 15) is 12.6 Å². The number of hydrogen-bond acceptors (Lipinski definition) is 3. The monoisotopic (exact) mass is 328 g/mol.